The van der Waals surface area contributed by atoms with E-state index in [-0.39, 0.29) is 23.0 Å². The molecular formula is C20H25BrN2O2. The summed E-state index contributed by atoms with van der Waals surface area (Å²) in [6.45, 7) is 6.07. The molecule has 25 heavy (non-hydrogen) atoms. The molecule has 3 unspecified atom stereocenters. The second kappa shape index (κ2) is 7.44. The Hall–Kier alpha value is -1.43. The Morgan fingerprint density at radius 2 is 2.24 bits per heavy atom. The van der Waals surface area contributed by atoms with Gasteiger partial charge < -0.3 is 9.84 Å². The Balaban J connectivity index is 0.00000182. The number of aliphatic hydroxyl groups excluding tert-OH is 1. The van der Waals surface area contributed by atoms with Gasteiger partial charge in [0, 0.05) is 24.2 Å². The maximum absolute atomic E-state index is 11.2. The number of rotatable bonds is 4. The summed E-state index contributed by atoms with van der Waals surface area (Å²) in [6, 6.07) is 7.96. The summed E-state index contributed by atoms with van der Waals surface area (Å²) in [5.74, 6) is 2.01. The Bertz CT molecular complexity index is 766. The summed E-state index contributed by atoms with van der Waals surface area (Å²) in [6.07, 6.45) is 5.62. The minimum absolute atomic E-state index is 0. The van der Waals surface area contributed by atoms with Crippen LogP contribution in [0.2, 0.25) is 0 Å². The van der Waals surface area contributed by atoms with Gasteiger partial charge in [0.25, 0.3) is 0 Å². The van der Waals surface area contributed by atoms with E-state index in [4.69, 9.17) is 4.74 Å². The Morgan fingerprint density at radius 1 is 1.40 bits per heavy atom. The standard InChI is InChI=1S/C20H24N2O2.BrH/c1-3-13-12-22-9-7-14(13)10-19(22)20(23)16-6-8-21-18-5-4-15(24-2)11-17(16)18;/h3-6,8,11,13-14,19-20,23H,1,7,9-10,12H2,2H3;1H/t13-,14?,19+,20?;/m1./s1. The lowest BCUT2D eigenvalue weighted by Crippen LogP contribution is -2.54. The highest BCUT2D eigenvalue weighted by Gasteiger charge is 2.42. The van der Waals surface area contributed by atoms with Crippen LogP contribution in [0.25, 0.3) is 10.9 Å². The molecule has 2 bridgehead atoms. The predicted molar refractivity (Wildman–Crippen MR) is 105 cm³/mol. The number of piperidine rings is 3. The number of aromatic nitrogens is 1. The van der Waals surface area contributed by atoms with Gasteiger partial charge >= 0.3 is 0 Å². The maximum Gasteiger partial charge on any atom is 0.119 e. The zero-order chi connectivity index (χ0) is 16.7. The Kier molecular flexibility index (Phi) is 5.46. The monoisotopic (exact) mass is 404 g/mol. The van der Waals surface area contributed by atoms with Crippen LogP contribution < -0.4 is 4.74 Å². The van der Waals surface area contributed by atoms with Crippen LogP contribution in [0.15, 0.2) is 43.1 Å². The highest BCUT2D eigenvalue weighted by Crippen LogP contribution is 2.42. The van der Waals surface area contributed by atoms with Crippen LogP contribution in [0.3, 0.4) is 0 Å². The number of aliphatic hydroxyl groups is 1. The summed E-state index contributed by atoms with van der Waals surface area (Å²) in [5, 5.41) is 12.1. The summed E-state index contributed by atoms with van der Waals surface area (Å²) in [4.78, 5) is 6.86. The minimum atomic E-state index is -0.504. The van der Waals surface area contributed by atoms with E-state index in [0.717, 1.165) is 41.7 Å². The van der Waals surface area contributed by atoms with Gasteiger partial charge in [-0.25, -0.2) is 0 Å². The minimum Gasteiger partial charge on any atom is -0.497 e. The number of hydrogen-bond donors (Lipinski definition) is 1. The Morgan fingerprint density at radius 3 is 2.92 bits per heavy atom. The molecule has 0 saturated carbocycles. The summed E-state index contributed by atoms with van der Waals surface area (Å²) in [5.41, 5.74) is 1.85. The van der Waals surface area contributed by atoms with Crippen molar-refractivity contribution in [3.05, 3.63) is 48.7 Å². The van der Waals surface area contributed by atoms with Crippen LogP contribution in [0.1, 0.15) is 24.5 Å². The molecule has 3 fully saturated rings. The molecule has 3 saturated heterocycles. The lowest BCUT2D eigenvalue weighted by atomic mass is 9.73. The van der Waals surface area contributed by atoms with Gasteiger partial charge in [0.05, 0.1) is 18.7 Å². The van der Waals surface area contributed by atoms with Crippen LogP contribution in [0, 0.1) is 11.8 Å². The Labute approximate surface area is 159 Å². The molecule has 0 amide bonds. The van der Waals surface area contributed by atoms with Gasteiger partial charge in [-0.2, -0.15) is 0 Å². The van der Waals surface area contributed by atoms with Crippen LogP contribution in [0.4, 0.5) is 0 Å². The van der Waals surface area contributed by atoms with E-state index in [1.54, 1.807) is 13.3 Å². The third kappa shape index (κ3) is 3.21. The molecule has 3 aliphatic heterocycles. The first-order valence-electron chi connectivity index (χ1n) is 8.68. The number of fused-ring (bicyclic) bond motifs is 4. The van der Waals surface area contributed by atoms with Crippen molar-refractivity contribution in [2.24, 2.45) is 11.8 Å². The largest absolute Gasteiger partial charge is 0.497 e. The van der Waals surface area contributed by atoms with Crippen LogP contribution in [-0.4, -0.2) is 41.2 Å². The maximum atomic E-state index is 11.2. The van der Waals surface area contributed by atoms with Gasteiger partial charge in [-0.3, -0.25) is 9.88 Å². The smallest absolute Gasteiger partial charge is 0.119 e. The molecule has 0 spiro atoms. The zero-order valence-corrected chi connectivity index (χ0v) is 16.2. The van der Waals surface area contributed by atoms with Crippen LogP contribution >= 0.6 is 17.0 Å². The molecule has 0 radical (unpaired) electrons. The lowest BCUT2D eigenvalue weighted by Gasteiger charge is -2.50. The first-order chi connectivity index (χ1) is 11.7. The van der Waals surface area contributed by atoms with Crippen molar-refractivity contribution >= 4 is 27.9 Å². The number of halogens is 1. The van der Waals surface area contributed by atoms with Gasteiger partial charge in [-0.15, -0.1) is 23.6 Å². The SMILES string of the molecule is Br.C=C[C@@H]1CN2CCC1C[C@H]2C(O)c1ccnc2ccc(OC)cc12. The van der Waals surface area contributed by atoms with E-state index in [1.807, 2.05) is 24.3 Å². The third-order valence-electron chi connectivity index (χ3n) is 5.82. The molecule has 4 nitrogen and oxygen atoms in total. The number of hydrogen-bond acceptors (Lipinski definition) is 4. The summed E-state index contributed by atoms with van der Waals surface area (Å²) < 4.78 is 5.35. The highest BCUT2D eigenvalue weighted by molar-refractivity contribution is 8.93. The molecule has 1 aromatic heterocycles. The second-order valence-corrected chi connectivity index (χ2v) is 6.97. The fourth-order valence-electron chi connectivity index (χ4n) is 4.44. The molecule has 1 aromatic carbocycles. The molecule has 1 N–H and O–H groups in total. The number of ether oxygens (including phenoxy) is 1. The van der Waals surface area contributed by atoms with E-state index < -0.39 is 6.10 Å². The van der Waals surface area contributed by atoms with Crippen molar-refractivity contribution in [3.63, 3.8) is 0 Å². The topological polar surface area (TPSA) is 45.6 Å². The molecule has 5 heteroatoms. The van der Waals surface area contributed by atoms with E-state index in [2.05, 4.69) is 22.5 Å². The number of methoxy groups -OCH3 is 1. The second-order valence-electron chi connectivity index (χ2n) is 6.97. The summed E-state index contributed by atoms with van der Waals surface area (Å²) >= 11 is 0. The van der Waals surface area contributed by atoms with Crippen molar-refractivity contribution in [1.82, 2.24) is 9.88 Å². The van der Waals surface area contributed by atoms with Crippen molar-refractivity contribution in [1.29, 1.82) is 0 Å². The van der Waals surface area contributed by atoms with Gasteiger partial charge in [0.1, 0.15) is 5.75 Å². The fraction of sp³-hybridized carbons (Fsp3) is 0.450. The predicted octanol–water partition coefficient (Wildman–Crippen LogP) is 3.75. The van der Waals surface area contributed by atoms with Gasteiger partial charge in [0.15, 0.2) is 0 Å². The van der Waals surface area contributed by atoms with E-state index in [9.17, 15) is 5.11 Å². The molecule has 3 aliphatic rings. The quantitative estimate of drug-likeness (QED) is 0.788. The first kappa shape index (κ1) is 18.4. The first-order valence-corrected chi connectivity index (χ1v) is 8.68. The average Bonchev–Trinajstić information content (AvgIpc) is 2.66. The highest BCUT2D eigenvalue weighted by atomic mass is 79.9. The van der Waals surface area contributed by atoms with Crippen LogP contribution in [-0.2, 0) is 0 Å². The van der Waals surface area contributed by atoms with Gasteiger partial charge in [0.2, 0.25) is 0 Å². The van der Waals surface area contributed by atoms with Gasteiger partial charge in [-0.1, -0.05) is 6.08 Å². The van der Waals surface area contributed by atoms with E-state index in [1.165, 1.54) is 6.42 Å². The molecule has 5 rings (SSSR count). The van der Waals surface area contributed by atoms with Crippen molar-refractivity contribution < 1.29 is 9.84 Å². The van der Waals surface area contributed by atoms with Crippen LogP contribution in [0.5, 0.6) is 5.75 Å². The van der Waals surface area contributed by atoms with Crippen molar-refractivity contribution in [2.45, 2.75) is 25.0 Å². The molecule has 134 valence electrons. The third-order valence-corrected chi connectivity index (χ3v) is 5.82. The lowest BCUT2D eigenvalue weighted by molar-refractivity contribution is -0.0444. The molecule has 5 atom stereocenters. The van der Waals surface area contributed by atoms with Crippen molar-refractivity contribution in [3.8, 4) is 5.75 Å². The zero-order valence-electron chi connectivity index (χ0n) is 14.5. The van der Waals surface area contributed by atoms with E-state index >= 15 is 0 Å². The van der Waals surface area contributed by atoms with Gasteiger partial charge in [-0.05, 0) is 61.1 Å². The number of benzene rings is 1. The normalized spacial score (nSPS) is 29.0. The molecule has 2 aromatic rings. The van der Waals surface area contributed by atoms with E-state index in [0.29, 0.717) is 11.8 Å². The molecule has 4 heterocycles. The average molecular weight is 405 g/mol. The number of pyridine rings is 1. The fourth-order valence-corrected chi connectivity index (χ4v) is 4.44. The van der Waals surface area contributed by atoms with Crippen molar-refractivity contribution in [2.75, 3.05) is 20.2 Å². The molecular weight excluding hydrogens is 380 g/mol. The summed E-state index contributed by atoms with van der Waals surface area (Å²) in [7, 11) is 1.66. The number of nitrogens with zero attached hydrogens (tertiary/aromatic N) is 2. The molecule has 0 aliphatic carbocycles.